The second-order valence-electron chi connectivity index (χ2n) is 6.35. The average Bonchev–Trinajstić information content (AvgIpc) is 2.64. The maximum Gasteiger partial charge on any atom is 0.347 e. The van der Waals surface area contributed by atoms with E-state index in [2.05, 4.69) is 5.32 Å². The first-order chi connectivity index (χ1) is 12.8. The minimum Gasteiger partial charge on any atom is -0.479 e. The number of halogens is 1. The summed E-state index contributed by atoms with van der Waals surface area (Å²) in [4.78, 5) is 24.3. The number of hydrogen-bond acceptors (Lipinski definition) is 4. The molecule has 0 saturated heterocycles. The van der Waals surface area contributed by atoms with Gasteiger partial charge in [-0.3, -0.25) is 4.79 Å². The van der Waals surface area contributed by atoms with Gasteiger partial charge in [0.2, 0.25) is 0 Å². The summed E-state index contributed by atoms with van der Waals surface area (Å²) in [5.74, 6) is -0.164. The summed E-state index contributed by atoms with van der Waals surface area (Å²) < 4.78 is 10.8. The smallest absolute Gasteiger partial charge is 0.347 e. The average molecular weight is 390 g/mol. The maximum atomic E-state index is 12.4. The summed E-state index contributed by atoms with van der Waals surface area (Å²) in [5.41, 5.74) is 2.06. The third kappa shape index (κ3) is 6.00. The van der Waals surface area contributed by atoms with Crippen LogP contribution in [0.1, 0.15) is 43.1 Å². The summed E-state index contributed by atoms with van der Waals surface area (Å²) in [6.45, 7) is 7.28. The van der Waals surface area contributed by atoms with E-state index >= 15 is 0 Å². The van der Waals surface area contributed by atoms with Crippen LogP contribution in [-0.2, 0) is 9.53 Å². The Hall–Kier alpha value is -2.53. The summed E-state index contributed by atoms with van der Waals surface area (Å²) in [6, 6.07) is 11.9. The standard InChI is InChI=1S/C21H24ClNO4/c1-5-14(3)26-21(25)15(4)27-18-9-6-16(7-10-18)20(24)23-19-11-8-17(22)12-13(19)2/h6-12,14-15H,5H2,1-4H3,(H,23,24)/t14-,15-/m1/s1. The van der Waals surface area contributed by atoms with Crippen LogP contribution >= 0.6 is 11.6 Å². The lowest BCUT2D eigenvalue weighted by molar-refractivity contribution is -0.155. The largest absolute Gasteiger partial charge is 0.479 e. The van der Waals surface area contributed by atoms with Crippen LogP contribution in [0.4, 0.5) is 5.69 Å². The number of rotatable bonds is 7. The number of amides is 1. The van der Waals surface area contributed by atoms with Crippen molar-refractivity contribution in [1.29, 1.82) is 0 Å². The SMILES string of the molecule is CC[C@@H](C)OC(=O)[C@@H](C)Oc1ccc(C(=O)Nc2ccc(Cl)cc2C)cc1. The Labute approximate surface area is 164 Å². The highest BCUT2D eigenvalue weighted by Gasteiger charge is 2.18. The van der Waals surface area contributed by atoms with Gasteiger partial charge in [-0.15, -0.1) is 0 Å². The van der Waals surface area contributed by atoms with Gasteiger partial charge in [-0.1, -0.05) is 18.5 Å². The number of carbonyl (C=O) groups excluding carboxylic acids is 2. The van der Waals surface area contributed by atoms with E-state index in [9.17, 15) is 9.59 Å². The van der Waals surface area contributed by atoms with E-state index in [0.29, 0.717) is 22.0 Å². The molecule has 0 aliphatic heterocycles. The van der Waals surface area contributed by atoms with Crippen molar-refractivity contribution in [3.05, 3.63) is 58.6 Å². The zero-order chi connectivity index (χ0) is 20.0. The molecule has 6 heteroatoms. The van der Waals surface area contributed by atoms with Crippen molar-refractivity contribution in [2.75, 3.05) is 5.32 Å². The lowest BCUT2D eigenvalue weighted by atomic mass is 10.1. The molecule has 1 amide bonds. The molecule has 2 aromatic rings. The zero-order valence-corrected chi connectivity index (χ0v) is 16.7. The number of aryl methyl sites for hydroxylation is 1. The summed E-state index contributed by atoms with van der Waals surface area (Å²) >= 11 is 5.93. The van der Waals surface area contributed by atoms with Crippen LogP contribution in [0.2, 0.25) is 5.02 Å². The van der Waals surface area contributed by atoms with Gasteiger partial charge in [0, 0.05) is 16.3 Å². The van der Waals surface area contributed by atoms with Gasteiger partial charge in [-0.05, 0) is 75.2 Å². The van der Waals surface area contributed by atoms with E-state index in [1.54, 1.807) is 49.4 Å². The molecule has 2 aromatic carbocycles. The minimum absolute atomic E-state index is 0.147. The third-order valence-electron chi connectivity index (χ3n) is 4.09. The first kappa shape index (κ1) is 20.8. The molecule has 0 bridgehead atoms. The Morgan fingerprint density at radius 1 is 1.11 bits per heavy atom. The molecule has 5 nitrogen and oxygen atoms in total. The molecule has 1 N–H and O–H groups in total. The lowest BCUT2D eigenvalue weighted by Crippen LogP contribution is -2.29. The lowest BCUT2D eigenvalue weighted by Gasteiger charge is -2.17. The molecule has 0 aliphatic rings. The molecule has 27 heavy (non-hydrogen) atoms. The number of hydrogen-bond donors (Lipinski definition) is 1. The van der Waals surface area contributed by atoms with Crippen molar-refractivity contribution in [2.24, 2.45) is 0 Å². The quantitative estimate of drug-likeness (QED) is 0.676. The molecule has 0 saturated carbocycles. The van der Waals surface area contributed by atoms with E-state index in [1.807, 2.05) is 20.8 Å². The molecule has 144 valence electrons. The molecule has 0 fully saturated rings. The van der Waals surface area contributed by atoms with Gasteiger partial charge >= 0.3 is 5.97 Å². The van der Waals surface area contributed by atoms with Gasteiger partial charge in [-0.25, -0.2) is 4.79 Å². The van der Waals surface area contributed by atoms with Gasteiger partial charge in [0.25, 0.3) is 5.91 Å². The molecule has 2 atom stereocenters. The fourth-order valence-electron chi connectivity index (χ4n) is 2.28. The molecule has 0 radical (unpaired) electrons. The minimum atomic E-state index is -0.726. The Bertz CT molecular complexity index is 804. The fourth-order valence-corrected chi connectivity index (χ4v) is 2.50. The fraction of sp³-hybridized carbons (Fsp3) is 0.333. The monoisotopic (exact) mass is 389 g/mol. The van der Waals surface area contributed by atoms with Gasteiger partial charge in [0.1, 0.15) is 5.75 Å². The van der Waals surface area contributed by atoms with Crippen LogP contribution in [-0.4, -0.2) is 24.1 Å². The predicted octanol–water partition coefficient (Wildman–Crippen LogP) is 5.01. The second kappa shape index (κ2) is 9.42. The van der Waals surface area contributed by atoms with Crippen LogP contribution < -0.4 is 10.1 Å². The third-order valence-corrected chi connectivity index (χ3v) is 4.33. The first-order valence-electron chi connectivity index (χ1n) is 8.85. The summed E-state index contributed by atoms with van der Waals surface area (Å²) in [6.07, 6.45) is -0.128. The number of nitrogens with one attached hydrogen (secondary N) is 1. The van der Waals surface area contributed by atoms with Crippen molar-refractivity contribution in [2.45, 2.75) is 46.3 Å². The van der Waals surface area contributed by atoms with Crippen LogP contribution in [0.5, 0.6) is 5.75 Å². The zero-order valence-electron chi connectivity index (χ0n) is 15.9. The van der Waals surface area contributed by atoms with Gasteiger partial charge in [0.05, 0.1) is 6.10 Å². The van der Waals surface area contributed by atoms with E-state index < -0.39 is 12.1 Å². The van der Waals surface area contributed by atoms with Crippen LogP contribution in [0.25, 0.3) is 0 Å². The van der Waals surface area contributed by atoms with Crippen molar-refractivity contribution in [1.82, 2.24) is 0 Å². The highest BCUT2D eigenvalue weighted by Crippen LogP contribution is 2.21. The molecule has 0 aliphatic carbocycles. The van der Waals surface area contributed by atoms with Crippen molar-refractivity contribution in [3.8, 4) is 5.75 Å². The van der Waals surface area contributed by atoms with Crippen molar-refractivity contribution >= 4 is 29.2 Å². The summed E-state index contributed by atoms with van der Waals surface area (Å²) in [5, 5.41) is 3.47. The number of benzene rings is 2. The van der Waals surface area contributed by atoms with Crippen LogP contribution in [0.15, 0.2) is 42.5 Å². The van der Waals surface area contributed by atoms with E-state index in [0.717, 1.165) is 12.0 Å². The topological polar surface area (TPSA) is 64.6 Å². The maximum absolute atomic E-state index is 12.4. The summed E-state index contributed by atoms with van der Waals surface area (Å²) in [7, 11) is 0. The Morgan fingerprint density at radius 2 is 1.78 bits per heavy atom. The predicted molar refractivity (Wildman–Crippen MR) is 107 cm³/mol. The van der Waals surface area contributed by atoms with E-state index in [4.69, 9.17) is 21.1 Å². The van der Waals surface area contributed by atoms with Gasteiger partial charge < -0.3 is 14.8 Å². The molecule has 2 rings (SSSR count). The van der Waals surface area contributed by atoms with Crippen LogP contribution in [0.3, 0.4) is 0 Å². The molecule has 0 heterocycles. The Balaban J connectivity index is 1.97. The molecular formula is C21H24ClNO4. The van der Waals surface area contributed by atoms with E-state index in [-0.39, 0.29) is 12.0 Å². The van der Waals surface area contributed by atoms with Crippen LogP contribution in [0, 0.1) is 6.92 Å². The van der Waals surface area contributed by atoms with Gasteiger partial charge in [-0.2, -0.15) is 0 Å². The van der Waals surface area contributed by atoms with E-state index in [1.165, 1.54) is 0 Å². The highest BCUT2D eigenvalue weighted by molar-refractivity contribution is 6.30. The molecule has 0 unspecified atom stereocenters. The number of esters is 1. The number of ether oxygens (including phenoxy) is 2. The Morgan fingerprint density at radius 3 is 2.37 bits per heavy atom. The van der Waals surface area contributed by atoms with Gasteiger partial charge in [0.15, 0.2) is 6.10 Å². The molecule has 0 spiro atoms. The second-order valence-corrected chi connectivity index (χ2v) is 6.79. The number of anilines is 1. The first-order valence-corrected chi connectivity index (χ1v) is 9.22. The highest BCUT2D eigenvalue weighted by atomic mass is 35.5. The normalized spacial score (nSPS) is 12.8. The molecule has 0 aromatic heterocycles. The van der Waals surface area contributed by atoms with Crippen molar-refractivity contribution < 1.29 is 19.1 Å². The Kier molecular flexibility index (Phi) is 7.25. The molecular weight excluding hydrogens is 366 g/mol. The van der Waals surface area contributed by atoms with Crippen molar-refractivity contribution in [3.63, 3.8) is 0 Å². The number of carbonyl (C=O) groups is 2.